The average Bonchev–Trinajstić information content (AvgIpc) is 2.90. The Kier molecular flexibility index (Phi) is 5.06. The van der Waals surface area contributed by atoms with Gasteiger partial charge in [-0.3, -0.25) is 24.6 Å². The number of fused-ring (bicyclic) bond motifs is 4. The van der Waals surface area contributed by atoms with Crippen molar-refractivity contribution in [3.05, 3.63) is 23.8 Å². The molecule has 0 bridgehead atoms. The highest BCUT2D eigenvalue weighted by atomic mass is 16.2. The lowest BCUT2D eigenvalue weighted by atomic mass is 9.67. The van der Waals surface area contributed by atoms with Crippen molar-refractivity contribution in [1.82, 2.24) is 10.2 Å². The maximum atomic E-state index is 14.0. The molecule has 8 heteroatoms. The van der Waals surface area contributed by atoms with Gasteiger partial charge in [0.15, 0.2) is 5.41 Å². The van der Waals surface area contributed by atoms with E-state index in [1.165, 1.54) is 11.8 Å². The molecule has 4 rings (SSSR count). The van der Waals surface area contributed by atoms with Crippen molar-refractivity contribution in [3.63, 3.8) is 0 Å². The molecule has 8 nitrogen and oxygen atoms in total. The van der Waals surface area contributed by atoms with Crippen molar-refractivity contribution < 1.29 is 19.2 Å². The SMILES string of the molecule is CC(=O)Nc1ccc2c(c1)C[C@]1(C(=O)NC(=O)N(C(C)(C)C)C1=O)[C@@H]1CCCCCN21. The van der Waals surface area contributed by atoms with Gasteiger partial charge in [-0.1, -0.05) is 12.8 Å². The third-order valence-electron chi connectivity index (χ3n) is 6.58. The summed E-state index contributed by atoms with van der Waals surface area (Å²) in [5.41, 5.74) is 0.306. The topological polar surface area (TPSA) is 98.8 Å². The van der Waals surface area contributed by atoms with Gasteiger partial charge in [-0.25, -0.2) is 4.79 Å². The molecule has 0 radical (unpaired) electrons. The Hall–Kier alpha value is -2.90. The molecule has 1 aromatic carbocycles. The second-order valence-corrected chi connectivity index (χ2v) is 9.80. The first-order chi connectivity index (χ1) is 14.6. The van der Waals surface area contributed by atoms with Crippen LogP contribution in [0, 0.1) is 5.41 Å². The number of imide groups is 2. The van der Waals surface area contributed by atoms with Gasteiger partial charge < -0.3 is 10.2 Å². The van der Waals surface area contributed by atoms with E-state index in [9.17, 15) is 19.2 Å². The molecule has 1 aromatic rings. The third kappa shape index (κ3) is 3.38. The molecule has 3 aliphatic heterocycles. The van der Waals surface area contributed by atoms with Crippen LogP contribution in [0.5, 0.6) is 0 Å². The number of nitrogens with one attached hydrogen (secondary N) is 2. The molecule has 3 heterocycles. The van der Waals surface area contributed by atoms with Gasteiger partial charge >= 0.3 is 6.03 Å². The average molecular weight is 427 g/mol. The number of urea groups is 1. The van der Waals surface area contributed by atoms with Crippen LogP contribution in [-0.4, -0.2) is 46.8 Å². The number of amides is 5. The Balaban J connectivity index is 1.88. The van der Waals surface area contributed by atoms with Crippen molar-refractivity contribution >= 4 is 35.1 Å². The van der Waals surface area contributed by atoms with Gasteiger partial charge in [0.25, 0.3) is 0 Å². The van der Waals surface area contributed by atoms with Crippen LogP contribution in [0.4, 0.5) is 16.2 Å². The minimum absolute atomic E-state index is 0.186. The van der Waals surface area contributed by atoms with Gasteiger partial charge in [-0.15, -0.1) is 0 Å². The number of carbonyl (C=O) groups is 4. The highest BCUT2D eigenvalue weighted by Gasteiger charge is 2.63. The zero-order valence-corrected chi connectivity index (χ0v) is 18.6. The number of carbonyl (C=O) groups excluding carboxylic acids is 4. The van der Waals surface area contributed by atoms with Crippen LogP contribution in [0.1, 0.15) is 58.9 Å². The number of barbiturate groups is 1. The predicted molar refractivity (Wildman–Crippen MR) is 117 cm³/mol. The lowest BCUT2D eigenvalue weighted by molar-refractivity contribution is -0.157. The normalized spacial score (nSPS) is 26.2. The molecule has 3 aliphatic rings. The number of nitrogens with zero attached hydrogens (tertiary/aromatic N) is 2. The lowest BCUT2D eigenvalue weighted by Crippen LogP contribution is -2.74. The van der Waals surface area contributed by atoms with Crippen molar-refractivity contribution in [3.8, 4) is 0 Å². The van der Waals surface area contributed by atoms with Gasteiger partial charge in [0, 0.05) is 30.4 Å². The first-order valence-electron chi connectivity index (χ1n) is 10.9. The summed E-state index contributed by atoms with van der Waals surface area (Å²) in [5, 5.41) is 5.27. The van der Waals surface area contributed by atoms with Gasteiger partial charge in [0.2, 0.25) is 17.7 Å². The molecular formula is C23H30N4O4. The van der Waals surface area contributed by atoms with Crippen molar-refractivity contribution in [2.75, 3.05) is 16.8 Å². The fraction of sp³-hybridized carbons (Fsp3) is 0.565. The Morgan fingerprint density at radius 2 is 1.90 bits per heavy atom. The molecule has 0 aromatic heterocycles. The maximum absolute atomic E-state index is 14.0. The van der Waals surface area contributed by atoms with E-state index >= 15 is 0 Å². The summed E-state index contributed by atoms with van der Waals surface area (Å²) in [6.07, 6.45) is 3.82. The van der Waals surface area contributed by atoms with Crippen LogP contribution in [0.2, 0.25) is 0 Å². The Morgan fingerprint density at radius 3 is 2.58 bits per heavy atom. The van der Waals surface area contributed by atoms with E-state index in [0.717, 1.165) is 37.1 Å². The summed E-state index contributed by atoms with van der Waals surface area (Å²) >= 11 is 0. The summed E-state index contributed by atoms with van der Waals surface area (Å²) in [7, 11) is 0. The monoisotopic (exact) mass is 426 g/mol. The molecule has 5 amide bonds. The zero-order chi connectivity index (χ0) is 22.6. The second-order valence-electron chi connectivity index (χ2n) is 9.80. The fourth-order valence-electron chi connectivity index (χ4n) is 5.33. The van der Waals surface area contributed by atoms with Gasteiger partial charge in [0.1, 0.15) is 0 Å². The zero-order valence-electron chi connectivity index (χ0n) is 18.6. The highest BCUT2D eigenvalue weighted by Crippen LogP contribution is 2.48. The third-order valence-corrected chi connectivity index (χ3v) is 6.58. The minimum atomic E-state index is -1.38. The van der Waals surface area contributed by atoms with E-state index in [4.69, 9.17) is 0 Å². The number of anilines is 2. The Morgan fingerprint density at radius 1 is 1.16 bits per heavy atom. The molecule has 0 saturated carbocycles. The molecule has 1 spiro atoms. The van der Waals surface area contributed by atoms with Crippen molar-refractivity contribution in [2.24, 2.45) is 5.41 Å². The number of benzene rings is 1. The number of rotatable bonds is 1. The quantitative estimate of drug-likeness (QED) is 0.673. The van der Waals surface area contributed by atoms with E-state index in [1.54, 1.807) is 20.8 Å². The summed E-state index contributed by atoms with van der Waals surface area (Å²) < 4.78 is 0. The minimum Gasteiger partial charge on any atom is -0.367 e. The molecule has 31 heavy (non-hydrogen) atoms. The molecule has 0 aliphatic carbocycles. The summed E-state index contributed by atoms with van der Waals surface area (Å²) in [4.78, 5) is 55.0. The standard InChI is InChI=1S/C23H30N4O4/c1-14(28)24-16-9-10-17-15(12-16)13-23(18-8-6-5-7-11-26(17)18)19(29)25-21(31)27(20(23)30)22(2,3)4/h9-10,12,18H,5-8,11,13H2,1-4H3,(H,24,28)(H,25,29,31)/t18-,23+/m0/s1. The van der Waals surface area contributed by atoms with E-state index in [-0.39, 0.29) is 18.4 Å². The Bertz CT molecular complexity index is 967. The van der Waals surface area contributed by atoms with E-state index in [0.29, 0.717) is 12.1 Å². The van der Waals surface area contributed by atoms with Crippen LogP contribution in [0.25, 0.3) is 0 Å². The van der Waals surface area contributed by atoms with Crippen molar-refractivity contribution in [1.29, 1.82) is 0 Å². The molecule has 2 saturated heterocycles. The lowest BCUT2D eigenvalue weighted by Gasteiger charge is -2.53. The molecule has 0 unspecified atom stereocenters. The van der Waals surface area contributed by atoms with Crippen LogP contribution in [0.15, 0.2) is 18.2 Å². The predicted octanol–water partition coefficient (Wildman–Crippen LogP) is 2.81. The molecular weight excluding hydrogens is 396 g/mol. The molecule has 166 valence electrons. The van der Waals surface area contributed by atoms with E-state index in [1.807, 2.05) is 18.2 Å². The van der Waals surface area contributed by atoms with Gasteiger partial charge in [0.05, 0.1) is 6.04 Å². The number of hydrogen-bond acceptors (Lipinski definition) is 5. The highest BCUT2D eigenvalue weighted by molar-refractivity contribution is 6.20. The first-order valence-corrected chi connectivity index (χ1v) is 10.9. The van der Waals surface area contributed by atoms with E-state index in [2.05, 4.69) is 15.5 Å². The maximum Gasteiger partial charge on any atom is 0.331 e. The fourth-order valence-corrected chi connectivity index (χ4v) is 5.33. The van der Waals surface area contributed by atoms with Crippen LogP contribution in [0.3, 0.4) is 0 Å². The van der Waals surface area contributed by atoms with Gasteiger partial charge in [-0.05, 0) is 63.8 Å². The summed E-state index contributed by atoms with van der Waals surface area (Å²) in [6.45, 7) is 7.57. The number of hydrogen-bond donors (Lipinski definition) is 2. The Labute approximate surface area is 182 Å². The smallest absolute Gasteiger partial charge is 0.331 e. The van der Waals surface area contributed by atoms with E-state index < -0.39 is 28.8 Å². The molecule has 2 atom stereocenters. The first kappa shape index (κ1) is 21.3. The largest absolute Gasteiger partial charge is 0.367 e. The molecule has 2 fully saturated rings. The summed E-state index contributed by atoms with van der Waals surface area (Å²) in [5.74, 6) is -1.13. The van der Waals surface area contributed by atoms with Gasteiger partial charge in [-0.2, -0.15) is 0 Å². The summed E-state index contributed by atoms with van der Waals surface area (Å²) in [6, 6.07) is 4.68. The van der Waals surface area contributed by atoms with Crippen LogP contribution >= 0.6 is 0 Å². The van der Waals surface area contributed by atoms with Crippen LogP contribution < -0.4 is 15.5 Å². The van der Waals surface area contributed by atoms with Crippen LogP contribution in [-0.2, 0) is 20.8 Å². The van der Waals surface area contributed by atoms with Crippen molar-refractivity contribution in [2.45, 2.75) is 71.4 Å². The molecule has 2 N–H and O–H groups in total. The second kappa shape index (κ2) is 7.35.